The maximum absolute atomic E-state index is 12.7. The average Bonchev–Trinajstić information content (AvgIpc) is 2.91. The summed E-state index contributed by atoms with van der Waals surface area (Å²) in [5, 5.41) is 3.05. The summed E-state index contributed by atoms with van der Waals surface area (Å²) in [6.45, 7) is 1.76. The molecule has 0 aliphatic carbocycles. The van der Waals surface area contributed by atoms with Crippen molar-refractivity contribution in [3.63, 3.8) is 0 Å². The first kappa shape index (κ1) is 16.0. The first-order valence-corrected chi connectivity index (χ1v) is 7.52. The molecule has 122 valence electrons. The van der Waals surface area contributed by atoms with Gasteiger partial charge in [-0.15, -0.1) is 0 Å². The summed E-state index contributed by atoms with van der Waals surface area (Å²) < 4.78 is 6.37. The minimum atomic E-state index is -0.506. The fourth-order valence-electron chi connectivity index (χ4n) is 2.43. The molecule has 0 bridgehead atoms. The minimum absolute atomic E-state index is 0.298. The normalized spacial score (nSPS) is 10.6. The van der Waals surface area contributed by atoms with Crippen LogP contribution in [0.3, 0.4) is 0 Å². The van der Waals surface area contributed by atoms with Gasteiger partial charge in [-0.1, -0.05) is 17.7 Å². The van der Waals surface area contributed by atoms with Gasteiger partial charge < -0.3 is 10.1 Å². The Balaban J connectivity index is 1.97. The van der Waals surface area contributed by atoms with Gasteiger partial charge in [-0.3, -0.25) is 9.20 Å². The van der Waals surface area contributed by atoms with Crippen LogP contribution in [0, 0.1) is 6.92 Å². The summed E-state index contributed by atoms with van der Waals surface area (Å²) in [5.74, 6) is -0.872. The van der Waals surface area contributed by atoms with Gasteiger partial charge >= 0.3 is 5.97 Å². The highest BCUT2D eigenvalue weighted by Gasteiger charge is 2.18. The molecule has 0 saturated heterocycles. The minimum Gasteiger partial charge on any atom is -0.465 e. The summed E-state index contributed by atoms with van der Waals surface area (Å²) in [7, 11) is 1.29. The Morgan fingerprint density at radius 2 is 2.04 bits per heavy atom. The molecule has 0 aliphatic heterocycles. The number of pyridine rings is 1. The van der Waals surface area contributed by atoms with Crippen LogP contribution in [-0.4, -0.2) is 28.4 Å². The molecule has 1 amide bonds. The molecule has 1 N–H and O–H groups in total. The van der Waals surface area contributed by atoms with Crippen molar-refractivity contribution in [2.45, 2.75) is 6.92 Å². The highest BCUT2D eigenvalue weighted by atomic mass is 35.5. The van der Waals surface area contributed by atoms with Crippen molar-refractivity contribution in [3.8, 4) is 0 Å². The number of anilines is 1. The third kappa shape index (κ3) is 2.83. The number of methoxy groups -OCH3 is 1. The van der Waals surface area contributed by atoms with Gasteiger partial charge in [0.05, 0.1) is 29.1 Å². The van der Waals surface area contributed by atoms with Crippen molar-refractivity contribution in [2.75, 3.05) is 12.4 Å². The van der Waals surface area contributed by atoms with Crippen LogP contribution in [0.4, 0.5) is 5.69 Å². The monoisotopic (exact) mass is 343 g/mol. The maximum Gasteiger partial charge on any atom is 0.337 e. The van der Waals surface area contributed by atoms with E-state index < -0.39 is 5.97 Å². The quantitative estimate of drug-likeness (QED) is 0.740. The standard InChI is InChI=1S/C17H14ClN3O3/c1-10-15(21-8-4-3-5-14(21)19-10)16(22)20-13-9-11(17(23)24-2)6-7-12(13)18/h3-9H,1-2H3,(H,20,22). The summed E-state index contributed by atoms with van der Waals surface area (Å²) in [6, 6.07) is 10.0. The number of halogens is 1. The number of rotatable bonds is 3. The van der Waals surface area contributed by atoms with Crippen molar-refractivity contribution in [3.05, 3.63) is 64.6 Å². The van der Waals surface area contributed by atoms with Gasteiger partial charge in [0.1, 0.15) is 11.3 Å². The molecule has 0 aliphatic rings. The molecule has 0 unspecified atom stereocenters. The molecule has 0 radical (unpaired) electrons. The van der Waals surface area contributed by atoms with Crippen LogP contribution in [0.2, 0.25) is 5.02 Å². The lowest BCUT2D eigenvalue weighted by Gasteiger charge is -2.09. The molecular weight excluding hydrogens is 330 g/mol. The molecule has 0 fully saturated rings. The summed E-state index contributed by atoms with van der Waals surface area (Å²) in [6.07, 6.45) is 1.76. The zero-order valence-corrected chi connectivity index (χ0v) is 13.8. The van der Waals surface area contributed by atoms with Gasteiger partial charge in [-0.05, 0) is 37.3 Å². The Kier molecular flexibility index (Phi) is 4.22. The van der Waals surface area contributed by atoms with Gasteiger partial charge in [0.25, 0.3) is 5.91 Å². The van der Waals surface area contributed by atoms with Crippen LogP contribution < -0.4 is 5.32 Å². The molecule has 2 heterocycles. The number of hydrogen-bond acceptors (Lipinski definition) is 4. The smallest absolute Gasteiger partial charge is 0.337 e. The molecule has 0 saturated carbocycles. The molecule has 6 nitrogen and oxygen atoms in total. The molecule has 7 heteroatoms. The Morgan fingerprint density at radius 3 is 2.79 bits per heavy atom. The van der Waals surface area contributed by atoms with Gasteiger partial charge in [-0.2, -0.15) is 0 Å². The summed E-state index contributed by atoms with van der Waals surface area (Å²) in [5.41, 5.74) is 2.31. The SMILES string of the molecule is COC(=O)c1ccc(Cl)c(NC(=O)c2c(C)nc3ccccn23)c1. The maximum atomic E-state index is 12.7. The largest absolute Gasteiger partial charge is 0.465 e. The van der Waals surface area contributed by atoms with Gasteiger partial charge in [0, 0.05) is 6.20 Å². The number of benzene rings is 1. The number of imidazole rings is 1. The predicted octanol–water partition coefficient (Wildman–Crippen LogP) is 3.34. The molecule has 0 atom stereocenters. The third-order valence-corrected chi connectivity index (χ3v) is 3.88. The molecule has 3 aromatic rings. The molecule has 24 heavy (non-hydrogen) atoms. The highest BCUT2D eigenvalue weighted by Crippen LogP contribution is 2.24. The van der Waals surface area contributed by atoms with Gasteiger partial charge in [0.2, 0.25) is 0 Å². The van der Waals surface area contributed by atoms with E-state index in [0.717, 1.165) is 0 Å². The van der Waals surface area contributed by atoms with E-state index in [9.17, 15) is 9.59 Å². The fraction of sp³-hybridized carbons (Fsp3) is 0.118. The molecule has 0 spiro atoms. The van der Waals surface area contributed by atoms with Gasteiger partial charge in [0.15, 0.2) is 0 Å². The van der Waals surface area contributed by atoms with E-state index in [1.165, 1.54) is 25.3 Å². The number of carbonyl (C=O) groups excluding carboxylic acids is 2. The second-order valence-electron chi connectivity index (χ2n) is 5.11. The lowest BCUT2D eigenvalue weighted by Crippen LogP contribution is -2.16. The summed E-state index contributed by atoms with van der Waals surface area (Å²) >= 11 is 6.12. The summed E-state index contributed by atoms with van der Waals surface area (Å²) in [4.78, 5) is 28.6. The Labute approximate surface area is 143 Å². The van der Waals surface area contributed by atoms with Crippen LogP contribution in [0.1, 0.15) is 26.5 Å². The predicted molar refractivity (Wildman–Crippen MR) is 90.7 cm³/mol. The first-order valence-electron chi connectivity index (χ1n) is 7.14. The van der Waals surface area contributed by atoms with Crippen LogP contribution in [0.5, 0.6) is 0 Å². The third-order valence-electron chi connectivity index (χ3n) is 3.55. The van der Waals surface area contributed by atoms with Crippen LogP contribution in [0.25, 0.3) is 5.65 Å². The fourth-order valence-corrected chi connectivity index (χ4v) is 2.60. The van der Waals surface area contributed by atoms with E-state index in [2.05, 4.69) is 15.0 Å². The molecule has 2 aromatic heterocycles. The van der Waals surface area contributed by atoms with Crippen molar-refractivity contribution < 1.29 is 14.3 Å². The topological polar surface area (TPSA) is 72.7 Å². The highest BCUT2D eigenvalue weighted by molar-refractivity contribution is 6.34. The van der Waals surface area contributed by atoms with Crippen molar-refractivity contribution in [1.29, 1.82) is 0 Å². The second-order valence-corrected chi connectivity index (χ2v) is 5.52. The number of nitrogens with one attached hydrogen (secondary N) is 1. The number of aromatic nitrogens is 2. The Morgan fingerprint density at radius 1 is 1.25 bits per heavy atom. The Hall–Kier alpha value is -2.86. The van der Waals surface area contributed by atoms with Crippen LogP contribution >= 0.6 is 11.6 Å². The average molecular weight is 344 g/mol. The van der Waals surface area contributed by atoms with Crippen molar-refractivity contribution in [2.24, 2.45) is 0 Å². The van der Waals surface area contributed by atoms with Crippen molar-refractivity contribution in [1.82, 2.24) is 9.38 Å². The van der Waals surface area contributed by atoms with E-state index >= 15 is 0 Å². The number of fused-ring (bicyclic) bond motifs is 1. The van der Waals surface area contributed by atoms with Crippen molar-refractivity contribution >= 4 is 34.8 Å². The van der Waals surface area contributed by atoms with E-state index in [-0.39, 0.29) is 5.91 Å². The number of esters is 1. The van der Waals surface area contributed by atoms with E-state index in [0.29, 0.717) is 33.3 Å². The lowest BCUT2D eigenvalue weighted by atomic mass is 10.2. The number of nitrogens with zero attached hydrogens (tertiary/aromatic N) is 2. The number of ether oxygens (including phenoxy) is 1. The van der Waals surface area contributed by atoms with E-state index in [4.69, 9.17) is 11.6 Å². The number of hydrogen-bond donors (Lipinski definition) is 1. The Bertz CT molecular complexity index is 949. The molecular formula is C17H14ClN3O3. The van der Waals surface area contributed by atoms with E-state index in [1.807, 2.05) is 18.2 Å². The zero-order valence-electron chi connectivity index (χ0n) is 13.0. The van der Waals surface area contributed by atoms with Crippen LogP contribution in [0.15, 0.2) is 42.6 Å². The zero-order chi connectivity index (χ0) is 17.3. The number of aryl methyl sites for hydroxylation is 1. The van der Waals surface area contributed by atoms with Gasteiger partial charge in [-0.25, -0.2) is 9.78 Å². The first-order chi connectivity index (χ1) is 11.5. The second kappa shape index (κ2) is 6.33. The number of amides is 1. The van der Waals surface area contributed by atoms with Crippen LogP contribution in [-0.2, 0) is 4.74 Å². The van der Waals surface area contributed by atoms with E-state index in [1.54, 1.807) is 17.5 Å². The molecule has 1 aromatic carbocycles. The number of carbonyl (C=O) groups is 2. The molecule has 3 rings (SSSR count). The lowest BCUT2D eigenvalue weighted by molar-refractivity contribution is 0.0600.